The third kappa shape index (κ3) is 3.18. The molecule has 0 amide bonds. The van der Waals surface area contributed by atoms with Crippen LogP contribution in [0, 0.1) is 11.8 Å². The molecule has 1 aromatic rings. The third-order valence-corrected chi connectivity index (χ3v) is 4.84. The fourth-order valence-corrected chi connectivity index (χ4v) is 3.57. The molecule has 2 unspecified atom stereocenters. The van der Waals surface area contributed by atoms with Crippen LogP contribution in [0.4, 0.5) is 0 Å². The Balaban J connectivity index is 1.58. The Bertz CT molecular complexity index is 409. The number of hydrogen-bond donors (Lipinski definition) is 1. The standard InChI is InChI=1S/C17H24O2/c18-17(11-13-7-9-19-10-8-13)16-6-5-14-3-1-2-4-15(14)12-16/h1-4,13,16-18H,5-12H2. The molecule has 3 rings (SSSR count). The summed E-state index contributed by atoms with van der Waals surface area (Å²) in [7, 11) is 0. The summed E-state index contributed by atoms with van der Waals surface area (Å²) in [6.07, 6.45) is 6.42. The summed E-state index contributed by atoms with van der Waals surface area (Å²) in [6.45, 7) is 1.76. The highest BCUT2D eigenvalue weighted by Crippen LogP contribution is 2.31. The van der Waals surface area contributed by atoms with Gasteiger partial charge in [0.25, 0.3) is 0 Å². The predicted molar refractivity (Wildman–Crippen MR) is 76.1 cm³/mol. The molecule has 1 aliphatic carbocycles. The van der Waals surface area contributed by atoms with E-state index in [1.54, 1.807) is 0 Å². The van der Waals surface area contributed by atoms with Gasteiger partial charge in [-0.15, -0.1) is 0 Å². The Morgan fingerprint density at radius 1 is 1.11 bits per heavy atom. The minimum absolute atomic E-state index is 0.128. The van der Waals surface area contributed by atoms with E-state index in [1.165, 1.54) is 11.1 Å². The van der Waals surface area contributed by atoms with E-state index in [4.69, 9.17) is 4.74 Å². The van der Waals surface area contributed by atoms with Crippen LogP contribution in [-0.2, 0) is 17.6 Å². The van der Waals surface area contributed by atoms with E-state index in [2.05, 4.69) is 24.3 Å². The molecule has 0 spiro atoms. The van der Waals surface area contributed by atoms with Gasteiger partial charge in [0.1, 0.15) is 0 Å². The first-order chi connectivity index (χ1) is 9.33. The summed E-state index contributed by atoms with van der Waals surface area (Å²) in [5.41, 5.74) is 2.93. The Hall–Kier alpha value is -0.860. The SMILES string of the molecule is OC(CC1CCOCC1)C1CCc2ccccc2C1. The van der Waals surface area contributed by atoms with Crippen molar-refractivity contribution >= 4 is 0 Å². The van der Waals surface area contributed by atoms with Crippen molar-refractivity contribution in [1.82, 2.24) is 0 Å². The van der Waals surface area contributed by atoms with Crippen LogP contribution in [0.1, 0.15) is 36.8 Å². The molecule has 0 aromatic heterocycles. The van der Waals surface area contributed by atoms with E-state index in [0.717, 1.165) is 51.7 Å². The van der Waals surface area contributed by atoms with Crippen molar-refractivity contribution in [3.63, 3.8) is 0 Å². The second-order valence-electron chi connectivity index (χ2n) is 6.13. The van der Waals surface area contributed by atoms with Crippen molar-refractivity contribution in [2.75, 3.05) is 13.2 Å². The van der Waals surface area contributed by atoms with Crippen molar-refractivity contribution in [1.29, 1.82) is 0 Å². The molecule has 1 heterocycles. The molecular weight excluding hydrogens is 236 g/mol. The Morgan fingerprint density at radius 3 is 2.63 bits per heavy atom. The summed E-state index contributed by atoms with van der Waals surface area (Å²) in [6, 6.07) is 8.70. The molecule has 2 nitrogen and oxygen atoms in total. The van der Waals surface area contributed by atoms with Gasteiger partial charge in [0.05, 0.1) is 6.10 Å². The highest BCUT2D eigenvalue weighted by molar-refractivity contribution is 5.29. The summed E-state index contributed by atoms with van der Waals surface area (Å²) in [4.78, 5) is 0. The van der Waals surface area contributed by atoms with E-state index in [1.807, 2.05) is 0 Å². The van der Waals surface area contributed by atoms with Gasteiger partial charge in [-0.05, 0) is 61.5 Å². The molecule has 19 heavy (non-hydrogen) atoms. The maximum absolute atomic E-state index is 10.5. The number of hydrogen-bond acceptors (Lipinski definition) is 2. The summed E-state index contributed by atoms with van der Waals surface area (Å²) in [5, 5.41) is 10.5. The average Bonchev–Trinajstić information content (AvgIpc) is 2.48. The first kappa shape index (κ1) is 13.1. The van der Waals surface area contributed by atoms with Gasteiger partial charge in [0.15, 0.2) is 0 Å². The quantitative estimate of drug-likeness (QED) is 0.905. The van der Waals surface area contributed by atoms with Crippen LogP contribution in [0.3, 0.4) is 0 Å². The van der Waals surface area contributed by atoms with E-state index in [-0.39, 0.29) is 6.10 Å². The lowest BCUT2D eigenvalue weighted by Crippen LogP contribution is -2.30. The van der Waals surface area contributed by atoms with Gasteiger partial charge >= 0.3 is 0 Å². The number of ether oxygens (including phenoxy) is 1. The molecule has 104 valence electrons. The van der Waals surface area contributed by atoms with E-state index in [0.29, 0.717) is 11.8 Å². The highest BCUT2D eigenvalue weighted by atomic mass is 16.5. The normalized spacial score (nSPS) is 25.8. The maximum atomic E-state index is 10.5. The summed E-state index contributed by atoms with van der Waals surface area (Å²) < 4.78 is 5.39. The molecule has 1 aliphatic heterocycles. The average molecular weight is 260 g/mol. The van der Waals surface area contributed by atoms with Crippen LogP contribution in [0.25, 0.3) is 0 Å². The maximum Gasteiger partial charge on any atom is 0.0574 e. The molecule has 1 saturated heterocycles. The van der Waals surface area contributed by atoms with Crippen molar-refractivity contribution < 1.29 is 9.84 Å². The van der Waals surface area contributed by atoms with Gasteiger partial charge in [0.2, 0.25) is 0 Å². The molecule has 1 fully saturated rings. The zero-order chi connectivity index (χ0) is 13.1. The minimum Gasteiger partial charge on any atom is -0.393 e. The van der Waals surface area contributed by atoms with Crippen LogP contribution in [0.2, 0.25) is 0 Å². The fourth-order valence-electron chi connectivity index (χ4n) is 3.57. The zero-order valence-corrected chi connectivity index (χ0v) is 11.6. The Morgan fingerprint density at radius 2 is 1.84 bits per heavy atom. The molecule has 2 atom stereocenters. The number of aliphatic hydroxyl groups is 1. The number of benzene rings is 1. The van der Waals surface area contributed by atoms with Crippen molar-refractivity contribution in [3.8, 4) is 0 Å². The van der Waals surface area contributed by atoms with Gasteiger partial charge < -0.3 is 9.84 Å². The Labute approximate surface area is 115 Å². The van der Waals surface area contributed by atoms with Gasteiger partial charge in [-0.2, -0.15) is 0 Å². The van der Waals surface area contributed by atoms with Gasteiger partial charge in [-0.3, -0.25) is 0 Å². The molecule has 1 N–H and O–H groups in total. The second-order valence-corrected chi connectivity index (χ2v) is 6.13. The topological polar surface area (TPSA) is 29.5 Å². The zero-order valence-electron chi connectivity index (χ0n) is 11.6. The highest BCUT2D eigenvalue weighted by Gasteiger charge is 2.27. The van der Waals surface area contributed by atoms with Crippen LogP contribution >= 0.6 is 0 Å². The summed E-state index contributed by atoms with van der Waals surface area (Å²) in [5.74, 6) is 1.12. The smallest absolute Gasteiger partial charge is 0.0574 e. The van der Waals surface area contributed by atoms with Crippen LogP contribution < -0.4 is 0 Å². The van der Waals surface area contributed by atoms with Crippen LogP contribution in [0.15, 0.2) is 24.3 Å². The second kappa shape index (κ2) is 6.06. The first-order valence-electron chi connectivity index (χ1n) is 7.65. The lowest BCUT2D eigenvalue weighted by atomic mass is 9.78. The Kier molecular flexibility index (Phi) is 4.19. The summed E-state index contributed by atoms with van der Waals surface area (Å²) >= 11 is 0. The van der Waals surface area contributed by atoms with Crippen molar-refractivity contribution in [2.24, 2.45) is 11.8 Å². The third-order valence-electron chi connectivity index (χ3n) is 4.84. The van der Waals surface area contributed by atoms with Gasteiger partial charge in [-0.25, -0.2) is 0 Å². The molecule has 2 heteroatoms. The fraction of sp³-hybridized carbons (Fsp3) is 0.647. The lowest BCUT2D eigenvalue weighted by molar-refractivity contribution is 0.0250. The van der Waals surface area contributed by atoms with Crippen molar-refractivity contribution in [3.05, 3.63) is 35.4 Å². The number of fused-ring (bicyclic) bond motifs is 1. The predicted octanol–water partition coefficient (Wildman–Crippen LogP) is 2.97. The lowest BCUT2D eigenvalue weighted by Gasteiger charge is -2.31. The minimum atomic E-state index is -0.128. The molecule has 2 aliphatic rings. The van der Waals surface area contributed by atoms with E-state index in [9.17, 15) is 5.11 Å². The monoisotopic (exact) mass is 260 g/mol. The molecule has 1 aromatic carbocycles. The van der Waals surface area contributed by atoms with Gasteiger partial charge in [-0.1, -0.05) is 24.3 Å². The van der Waals surface area contributed by atoms with Gasteiger partial charge in [0, 0.05) is 13.2 Å². The van der Waals surface area contributed by atoms with Crippen molar-refractivity contribution in [2.45, 2.75) is 44.6 Å². The molecule has 0 bridgehead atoms. The number of aliphatic hydroxyl groups excluding tert-OH is 1. The van der Waals surface area contributed by atoms with Crippen LogP contribution in [-0.4, -0.2) is 24.4 Å². The van der Waals surface area contributed by atoms with Crippen LogP contribution in [0.5, 0.6) is 0 Å². The largest absolute Gasteiger partial charge is 0.393 e. The first-order valence-corrected chi connectivity index (χ1v) is 7.65. The number of aryl methyl sites for hydroxylation is 1. The molecule has 0 saturated carbocycles. The number of rotatable bonds is 3. The van der Waals surface area contributed by atoms with E-state index >= 15 is 0 Å². The molecular formula is C17H24O2. The molecule has 0 radical (unpaired) electrons. The van der Waals surface area contributed by atoms with E-state index < -0.39 is 0 Å².